The third-order valence-electron chi connectivity index (χ3n) is 3.51. The average Bonchev–Trinajstić information content (AvgIpc) is 2.21. The molecule has 0 aliphatic heterocycles. The average molecular weight is 235 g/mol. The fourth-order valence-corrected chi connectivity index (χ4v) is 2.10. The molecule has 0 aliphatic rings. The van der Waals surface area contributed by atoms with E-state index in [1.807, 2.05) is 32.9 Å². The Balaban J connectivity index is 3.19. The molecule has 0 aromatic heterocycles. The molecule has 3 nitrogen and oxygen atoms in total. The normalized spacial score (nSPS) is 13.5. The molecule has 17 heavy (non-hydrogen) atoms. The number of rotatable bonds is 4. The molecule has 0 fully saturated rings. The lowest BCUT2D eigenvalue weighted by Gasteiger charge is -2.32. The summed E-state index contributed by atoms with van der Waals surface area (Å²) < 4.78 is 0. The summed E-state index contributed by atoms with van der Waals surface area (Å²) in [7, 11) is 1.68. The fourth-order valence-electron chi connectivity index (χ4n) is 2.10. The summed E-state index contributed by atoms with van der Waals surface area (Å²) in [4.78, 5) is 11.2. The maximum Gasteiger partial charge on any atom is 0.321 e. The highest BCUT2D eigenvalue weighted by Crippen LogP contribution is 2.28. The molecular weight excluding hydrogens is 214 g/mol. The zero-order valence-electron chi connectivity index (χ0n) is 11.2. The molecule has 1 unspecified atom stereocenters. The van der Waals surface area contributed by atoms with Crippen LogP contribution in [-0.4, -0.2) is 24.2 Å². The van der Waals surface area contributed by atoms with Crippen molar-refractivity contribution in [3.05, 3.63) is 34.9 Å². The number of hydrogen-bond donors (Lipinski definition) is 2. The monoisotopic (exact) mass is 235 g/mol. The minimum atomic E-state index is -0.823. The van der Waals surface area contributed by atoms with Gasteiger partial charge in [-0.2, -0.15) is 0 Å². The Morgan fingerprint density at radius 2 is 1.88 bits per heavy atom. The van der Waals surface area contributed by atoms with E-state index in [9.17, 15) is 9.90 Å². The van der Waals surface area contributed by atoms with Gasteiger partial charge in [0, 0.05) is 5.41 Å². The Labute approximate surface area is 103 Å². The molecule has 0 radical (unpaired) electrons. The van der Waals surface area contributed by atoms with Gasteiger partial charge in [-0.3, -0.25) is 4.79 Å². The topological polar surface area (TPSA) is 49.3 Å². The van der Waals surface area contributed by atoms with Crippen LogP contribution in [0.1, 0.15) is 30.5 Å². The first-order valence-electron chi connectivity index (χ1n) is 5.78. The maximum absolute atomic E-state index is 11.2. The molecule has 0 heterocycles. The summed E-state index contributed by atoms with van der Waals surface area (Å²) in [5.41, 5.74) is 3.01. The molecule has 1 aromatic rings. The van der Waals surface area contributed by atoms with E-state index in [1.54, 1.807) is 7.05 Å². The smallest absolute Gasteiger partial charge is 0.321 e. The van der Waals surface area contributed by atoms with Gasteiger partial charge in [0.1, 0.15) is 6.04 Å². The summed E-state index contributed by atoms with van der Waals surface area (Å²) in [6.07, 6.45) is 0. The lowest BCUT2D eigenvalue weighted by atomic mass is 9.77. The summed E-state index contributed by atoms with van der Waals surface area (Å²) >= 11 is 0. The van der Waals surface area contributed by atoms with Gasteiger partial charge in [0.2, 0.25) is 0 Å². The molecule has 0 saturated heterocycles. The molecule has 0 aliphatic carbocycles. The van der Waals surface area contributed by atoms with Crippen LogP contribution in [0.15, 0.2) is 18.2 Å². The van der Waals surface area contributed by atoms with Crippen molar-refractivity contribution in [3.8, 4) is 0 Å². The molecular formula is C14H21NO2. The van der Waals surface area contributed by atoms with Gasteiger partial charge >= 0.3 is 5.97 Å². The van der Waals surface area contributed by atoms with Crippen molar-refractivity contribution in [1.29, 1.82) is 0 Å². The highest BCUT2D eigenvalue weighted by Gasteiger charge is 2.35. The summed E-state index contributed by atoms with van der Waals surface area (Å²) in [5.74, 6) is -0.823. The number of aryl methyl sites for hydroxylation is 2. The molecule has 2 N–H and O–H groups in total. The van der Waals surface area contributed by atoms with Crippen LogP contribution in [0, 0.1) is 13.8 Å². The minimum absolute atomic E-state index is 0.445. The van der Waals surface area contributed by atoms with Crippen LogP contribution in [0.2, 0.25) is 0 Å². The Morgan fingerprint density at radius 1 is 1.29 bits per heavy atom. The minimum Gasteiger partial charge on any atom is -0.480 e. The van der Waals surface area contributed by atoms with Gasteiger partial charge in [-0.15, -0.1) is 0 Å². The number of nitrogens with one attached hydrogen (secondary N) is 1. The molecule has 94 valence electrons. The zero-order valence-corrected chi connectivity index (χ0v) is 11.2. The highest BCUT2D eigenvalue weighted by molar-refractivity contribution is 5.76. The van der Waals surface area contributed by atoms with E-state index < -0.39 is 17.4 Å². The molecule has 3 heteroatoms. The third kappa shape index (κ3) is 2.67. The van der Waals surface area contributed by atoms with Crippen LogP contribution >= 0.6 is 0 Å². The van der Waals surface area contributed by atoms with E-state index in [4.69, 9.17) is 0 Å². The van der Waals surface area contributed by atoms with E-state index in [1.165, 1.54) is 11.1 Å². The molecule has 0 bridgehead atoms. The second-order valence-electron chi connectivity index (χ2n) is 5.08. The van der Waals surface area contributed by atoms with Gasteiger partial charge in [-0.25, -0.2) is 0 Å². The second kappa shape index (κ2) is 4.88. The van der Waals surface area contributed by atoms with Gasteiger partial charge in [0.15, 0.2) is 0 Å². The van der Waals surface area contributed by atoms with Crippen LogP contribution < -0.4 is 5.32 Å². The maximum atomic E-state index is 11.2. The molecule has 1 rings (SSSR count). The van der Waals surface area contributed by atoms with Gasteiger partial charge in [0.05, 0.1) is 0 Å². The van der Waals surface area contributed by atoms with Gasteiger partial charge in [0.25, 0.3) is 0 Å². The summed E-state index contributed by atoms with van der Waals surface area (Å²) in [6, 6.07) is 5.53. The SMILES string of the molecule is CNC(C(=O)O)C(C)(C)c1ccc(C)c(C)c1. The van der Waals surface area contributed by atoms with Crippen molar-refractivity contribution in [2.75, 3.05) is 7.05 Å². The van der Waals surface area contributed by atoms with Crippen molar-refractivity contribution in [1.82, 2.24) is 5.32 Å². The summed E-state index contributed by atoms with van der Waals surface area (Å²) in [6.45, 7) is 8.00. The van der Waals surface area contributed by atoms with Gasteiger partial charge < -0.3 is 10.4 Å². The number of carboxylic acids is 1. The molecule has 1 atom stereocenters. The van der Waals surface area contributed by atoms with Crippen LogP contribution in [-0.2, 0) is 10.2 Å². The Hall–Kier alpha value is -1.35. The quantitative estimate of drug-likeness (QED) is 0.841. The van der Waals surface area contributed by atoms with Crippen molar-refractivity contribution in [2.24, 2.45) is 0 Å². The van der Waals surface area contributed by atoms with E-state index in [-0.39, 0.29) is 0 Å². The molecule has 0 spiro atoms. The van der Waals surface area contributed by atoms with Crippen LogP contribution in [0.4, 0.5) is 0 Å². The molecule has 1 aromatic carbocycles. The van der Waals surface area contributed by atoms with E-state index in [0.29, 0.717) is 0 Å². The lowest BCUT2D eigenvalue weighted by Crippen LogP contribution is -2.48. The number of carbonyl (C=O) groups is 1. The van der Waals surface area contributed by atoms with Crippen molar-refractivity contribution < 1.29 is 9.90 Å². The number of aliphatic carboxylic acids is 1. The lowest BCUT2D eigenvalue weighted by molar-refractivity contribution is -0.141. The Kier molecular flexibility index (Phi) is 3.94. The number of likely N-dealkylation sites (N-methyl/N-ethyl adjacent to an activating group) is 1. The Morgan fingerprint density at radius 3 is 2.29 bits per heavy atom. The highest BCUT2D eigenvalue weighted by atomic mass is 16.4. The van der Waals surface area contributed by atoms with E-state index in [2.05, 4.69) is 18.3 Å². The van der Waals surface area contributed by atoms with Crippen molar-refractivity contribution >= 4 is 5.97 Å². The standard InChI is InChI=1S/C14H21NO2/c1-9-6-7-11(8-10(9)2)14(3,4)12(15-5)13(16)17/h6-8,12,15H,1-5H3,(H,16,17). The van der Waals surface area contributed by atoms with Crippen LogP contribution in [0.25, 0.3) is 0 Å². The fraction of sp³-hybridized carbons (Fsp3) is 0.500. The van der Waals surface area contributed by atoms with Gasteiger partial charge in [-0.1, -0.05) is 32.0 Å². The zero-order chi connectivity index (χ0) is 13.2. The Bertz CT molecular complexity index is 424. The number of hydrogen-bond acceptors (Lipinski definition) is 2. The van der Waals surface area contributed by atoms with Crippen molar-refractivity contribution in [2.45, 2.75) is 39.2 Å². The van der Waals surface area contributed by atoms with E-state index >= 15 is 0 Å². The molecule has 0 saturated carbocycles. The largest absolute Gasteiger partial charge is 0.480 e. The van der Waals surface area contributed by atoms with Crippen molar-refractivity contribution in [3.63, 3.8) is 0 Å². The van der Waals surface area contributed by atoms with E-state index in [0.717, 1.165) is 5.56 Å². The van der Waals surface area contributed by atoms with Crippen LogP contribution in [0.5, 0.6) is 0 Å². The predicted octanol–water partition coefficient (Wildman–Crippen LogP) is 2.25. The number of benzene rings is 1. The van der Waals surface area contributed by atoms with Gasteiger partial charge in [-0.05, 0) is 37.6 Å². The predicted molar refractivity (Wildman–Crippen MR) is 69.4 cm³/mol. The second-order valence-corrected chi connectivity index (χ2v) is 5.08. The number of carboxylic acid groups (broad SMARTS) is 1. The summed E-state index contributed by atoms with van der Waals surface area (Å²) in [5, 5.41) is 12.1. The third-order valence-corrected chi connectivity index (χ3v) is 3.51. The first-order chi connectivity index (χ1) is 7.80. The molecule has 0 amide bonds. The first-order valence-corrected chi connectivity index (χ1v) is 5.78. The van der Waals surface area contributed by atoms with Crippen LogP contribution in [0.3, 0.4) is 0 Å². The first kappa shape index (κ1) is 13.7.